The molecule has 2 saturated heterocycles. The van der Waals surface area contributed by atoms with E-state index in [0.29, 0.717) is 39.1 Å². The van der Waals surface area contributed by atoms with E-state index in [-0.39, 0.29) is 31.1 Å². The van der Waals surface area contributed by atoms with Crippen LogP contribution in [0, 0.1) is 5.82 Å². The van der Waals surface area contributed by atoms with Gasteiger partial charge in [0.1, 0.15) is 5.82 Å². The van der Waals surface area contributed by atoms with Crippen molar-refractivity contribution in [2.45, 2.75) is 49.9 Å². The molecule has 0 aromatic heterocycles. The number of halogens is 3. The van der Waals surface area contributed by atoms with Crippen LogP contribution in [0.1, 0.15) is 32.1 Å². The first-order chi connectivity index (χ1) is 14.4. The Morgan fingerprint density at radius 2 is 1.80 bits per heavy atom. The van der Waals surface area contributed by atoms with Crippen LogP contribution in [0.4, 0.5) is 23.7 Å². The van der Waals surface area contributed by atoms with Gasteiger partial charge in [0.25, 0.3) is 0 Å². The first kappa shape index (κ1) is 21.4. The third-order valence-electron chi connectivity index (χ3n) is 6.16. The standard InChI is InChI=1S/C21H28F3N3O3/c22-17-4-1-2-5-18(17)25-19(28)27-11-13-30-21(15-27)14-26(10-3-12-29-21)16-6-8-20(23,24)9-7-16/h1-2,4-5,16H,3,6-15H2,(H,25,28). The van der Waals surface area contributed by atoms with Crippen LogP contribution in [-0.4, -0.2) is 73.0 Å². The van der Waals surface area contributed by atoms with Gasteiger partial charge in [0.15, 0.2) is 5.79 Å². The van der Waals surface area contributed by atoms with E-state index in [1.165, 1.54) is 12.1 Å². The van der Waals surface area contributed by atoms with Crippen LogP contribution < -0.4 is 5.32 Å². The molecule has 0 bridgehead atoms. The first-order valence-corrected chi connectivity index (χ1v) is 10.6. The highest BCUT2D eigenvalue weighted by molar-refractivity contribution is 5.89. The van der Waals surface area contributed by atoms with E-state index in [2.05, 4.69) is 10.2 Å². The van der Waals surface area contributed by atoms with Crippen molar-refractivity contribution < 1.29 is 27.4 Å². The Kier molecular flexibility index (Phi) is 6.22. The molecule has 1 N–H and O–H groups in total. The molecule has 30 heavy (non-hydrogen) atoms. The van der Waals surface area contributed by atoms with E-state index in [4.69, 9.17) is 9.47 Å². The molecule has 1 saturated carbocycles. The number of hydrogen-bond acceptors (Lipinski definition) is 4. The third kappa shape index (κ3) is 4.90. The number of alkyl halides is 2. The largest absolute Gasteiger partial charge is 0.347 e. The summed E-state index contributed by atoms with van der Waals surface area (Å²) >= 11 is 0. The number of benzene rings is 1. The average molecular weight is 427 g/mol. The molecule has 0 radical (unpaired) electrons. The molecule has 1 aromatic rings. The number of amides is 2. The van der Waals surface area contributed by atoms with Gasteiger partial charge in [-0.15, -0.1) is 0 Å². The molecule has 6 nitrogen and oxygen atoms in total. The third-order valence-corrected chi connectivity index (χ3v) is 6.16. The van der Waals surface area contributed by atoms with Gasteiger partial charge in [0.05, 0.1) is 32.0 Å². The van der Waals surface area contributed by atoms with E-state index >= 15 is 0 Å². The summed E-state index contributed by atoms with van der Waals surface area (Å²) in [6.07, 6.45) is 1.47. The molecule has 4 rings (SSSR count). The molecule has 166 valence electrons. The van der Waals surface area contributed by atoms with Crippen molar-refractivity contribution in [1.82, 2.24) is 9.80 Å². The normalized spacial score (nSPS) is 28.3. The summed E-state index contributed by atoms with van der Waals surface area (Å²) in [5.74, 6) is -4.07. The number of urea groups is 1. The van der Waals surface area contributed by atoms with Gasteiger partial charge >= 0.3 is 6.03 Å². The number of para-hydroxylation sites is 1. The van der Waals surface area contributed by atoms with Gasteiger partial charge in [-0.1, -0.05) is 12.1 Å². The Hall–Kier alpha value is -1.84. The zero-order chi connectivity index (χ0) is 21.2. The first-order valence-electron chi connectivity index (χ1n) is 10.6. The van der Waals surface area contributed by atoms with Crippen LogP contribution in [-0.2, 0) is 9.47 Å². The number of morpholine rings is 1. The van der Waals surface area contributed by atoms with Crippen molar-refractivity contribution in [3.05, 3.63) is 30.1 Å². The van der Waals surface area contributed by atoms with Crippen molar-refractivity contribution in [3.8, 4) is 0 Å². The molecule has 1 atom stereocenters. The van der Waals surface area contributed by atoms with Crippen LogP contribution in [0.15, 0.2) is 24.3 Å². The van der Waals surface area contributed by atoms with E-state index in [1.807, 2.05) is 0 Å². The van der Waals surface area contributed by atoms with Crippen molar-refractivity contribution in [2.24, 2.45) is 0 Å². The summed E-state index contributed by atoms with van der Waals surface area (Å²) in [6, 6.07) is 5.65. The molecule has 9 heteroatoms. The lowest BCUT2D eigenvalue weighted by molar-refractivity contribution is -0.262. The molecule has 2 heterocycles. The fraction of sp³-hybridized carbons (Fsp3) is 0.667. The van der Waals surface area contributed by atoms with Crippen LogP contribution >= 0.6 is 0 Å². The van der Waals surface area contributed by atoms with Gasteiger partial charge in [-0.2, -0.15) is 0 Å². The number of nitrogens with zero attached hydrogens (tertiary/aromatic N) is 2. The summed E-state index contributed by atoms with van der Waals surface area (Å²) in [4.78, 5) is 16.5. The number of rotatable bonds is 2. The maximum absolute atomic E-state index is 13.9. The fourth-order valence-electron chi connectivity index (χ4n) is 4.53. The minimum atomic E-state index is -2.57. The van der Waals surface area contributed by atoms with Crippen molar-refractivity contribution in [3.63, 3.8) is 0 Å². The molecular formula is C21H28F3N3O3. The Balaban J connectivity index is 1.42. The quantitative estimate of drug-likeness (QED) is 0.782. The van der Waals surface area contributed by atoms with Gasteiger partial charge in [-0.3, -0.25) is 4.90 Å². The molecule has 1 unspecified atom stereocenters. The fourth-order valence-corrected chi connectivity index (χ4v) is 4.53. The van der Waals surface area contributed by atoms with Crippen molar-refractivity contribution in [1.29, 1.82) is 0 Å². The Labute approximate surface area is 174 Å². The van der Waals surface area contributed by atoms with Gasteiger partial charge in [-0.05, 0) is 31.4 Å². The molecule has 2 aliphatic heterocycles. The van der Waals surface area contributed by atoms with E-state index in [0.717, 1.165) is 13.0 Å². The summed E-state index contributed by atoms with van der Waals surface area (Å²) in [6.45, 7) is 2.51. The second kappa shape index (κ2) is 8.72. The molecule has 1 aliphatic carbocycles. The van der Waals surface area contributed by atoms with Gasteiger partial charge < -0.3 is 19.7 Å². The Morgan fingerprint density at radius 3 is 2.57 bits per heavy atom. The SMILES string of the molecule is O=C(Nc1ccccc1F)N1CCOC2(C1)CN(C1CCC(F)(F)CC1)CCCO2. The van der Waals surface area contributed by atoms with Crippen molar-refractivity contribution >= 4 is 11.7 Å². The molecule has 1 spiro atoms. The van der Waals surface area contributed by atoms with Gasteiger partial charge in [-0.25, -0.2) is 18.0 Å². The van der Waals surface area contributed by atoms with E-state index in [1.54, 1.807) is 17.0 Å². The second-order valence-corrected chi connectivity index (χ2v) is 8.35. The Bertz CT molecular complexity index is 756. The molecule has 1 aromatic carbocycles. The minimum Gasteiger partial charge on any atom is -0.347 e. The lowest BCUT2D eigenvalue weighted by Crippen LogP contribution is -2.60. The van der Waals surface area contributed by atoms with Crippen LogP contribution in [0.25, 0.3) is 0 Å². The highest BCUT2D eigenvalue weighted by Gasteiger charge is 2.45. The zero-order valence-corrected chi connectivity index (χ0v) is 16.9. The van der Waals surface area contributed by atoms with E-state index in [9.17, 15) is 18.0 Å². The number of hydrogen-bond donors (Lipinski definition) is 1. The lowest BCUT2D eigenvalue weighted by atomic mass is 9.90. The average Bonchev–Trinajstić information content (AvgIpc) is 2.92. The smallest absolute Gasteiger partial charge is 0.322 e. The topological polar surface area (TPSA) is 54.0 Å². The lowest BCUT2D eigenvalue weighted by Gasteiger charge is -2.45. The molecule has 3 aliphatic rings. The minimum absolute atomic E-state index is 0.0643. The number of carbonyl (C=O) groups excluding carboxylic acids is 1. The molecule has 3 fully saturated rings. The predicted octanol–water partition coefficient (Wildman–Crippen LogP) is 3.69. The summed E-state index contributed by atoms with van der Waals surface area (Å²) in [7, 11) is 0. The number of nitrogens with one attached hydrogen (secondary N) is 1. The van der Waals surface area contributed by atoms with Gasteiger partial charge in [0, 0.05) is 32.0 Å². The number of anilines is 1. The second-order valence-electron chi connectivity index (χ2n) is 8.35. The molecule has 2 amide bonds. The monoisotopic (exact) mass is 427 g/mol. The maximum Gasteiger partial charge on any atom is 0.322 e. The zero-order valence-electron chi connectivity index (χ0n) is 16.9. The number of carbonyl (C=O) groups is 1. The van der Waals surface area contributed by atoms with Crippen LogP contribution in [0.3, 0.4) is 0 Å². The van der Waals surface area contributed by atoms with Gasteiger partial charge in [0.2, 0.25) is 5.92 Å². The highest BCUT2D eigenvalue weighted by atomic mass is 19.3. The van der Waals surface area contributed by atoms with Crippen LogP contribution in [0.2, 0.25) is 0 Å². The van der Waals surface area contributed by atoms with E-state index < -0.39 is 23.6 Å². The Morgan fingerprint density at radius 1 is 1.07 bits per heavy atom. The summed E-state index contributed by atoms with van der Waals surface area (Å²) in [5, 5.41) is 2.61. The molecular weight excluding hydrogens is 399 g/mol. The summed E-state index contributed by atoms with van der Waals surface area (Å²) in [5.41, 5.74) is 0.120. The summed E-state index contributed by atoms with van der Waals surface area (Å²) < 4.78 is 53.1. The van der Waals surface area contributed by atoms with Crippen LogP contribution in [0.5, 0.6) is 0 Å². The maximum atomic E-state index is 13.9. The number of ether oxygens (including phenoxy) is 2. The predicted molar refractivity (Wildman–Crippen MR) is 105 cm³/mol. The highest BCUT2D eigenvalue weighted by Crippen LogP contribution is 2.36. The van der Waals surface area contributed by atoms with Crippen molar-refractivity contribution in [2.75, 3.05) is 44.7 Å².